The first-order valence-electron chi connectivity index (χ1n) is 5.27. The molecular weight excluding hydrogens is 279 g/mol. The molecule has 1 atom stereocenters. The normalized spacial score (nSPS) is 12.9. The van der Waals surface area contributed by atoms with Crippen molar-refractivity contribution >= 4 is 34.5 Å². The van der Waals surface area contributed by atoms with Crippen LogP contribution in [-0.2, 0) is 6.54 Å². The van der Waals surface area contributed by atoms with E-state index in [0.717, 1.165) is 13.0 Å². The van der Waals surface area contributed by atoms with Crippen LogP contribution >= 0.6 is 34.5 Å². The highest BCUT2D eigenvalue weighted by Gasteiger charge is 2.22. The lowest BCUT2D eigenvalue weighted by Crippen LogP contribution is -2.10. The minimum absolute atomic E-state index is 0.468. The van der Waals surface area contributed by atoms with Crippen molar-refractivity contribution in [3.63, 3.8) is 0 Å². The molecule has 1 unspecified atom stereocenters. The van der Waals surface area contributed by atoms with Crippen LogP contribution in [0.5, 0.6) is 0 Å². The third-order valence-corrected chi connectivity index (χ3v) is 4.12. The predicted octanol–water partition coefficient (Wildman–Crippen LogP) is 3.74. The third kappa shape index (κ3) is 2.50. The second-order valence-electron chi connectivity index (χ2n) is 3.64. The van der Waals surface area contributed by atoms with Crippen molar-refractivity contribution in [3.05, 3.63) is 38.3 Å². The molecule has 0 aliphatic heterocycles. The van der Waals surface area contributed by atoms with Crippen LogP contribution in [-0.4, -0.2) is 14.9 Å². The van der Waals surface area contributed by atoms with Crippen LogP contribution < -0.4 is 0 Å². The fourth-order valence-corrected chi connectivity index (χ4v) is 3.05. The average molecular weight is 291 g/mol. The van der Waals surface area contributed by atoms with E-state index < -0.39 is 6.10 Å². The van der Waals surface area contributed by atoms with Gasteiger partial charge in [0, 0.05) is 6.54 Å². The molecule has 0 amide bonds. The summed E-state index contributed by atoms with van der Waals surface area (Å²) in [4.78, 5) is 0.700. The molecule has 0 bridgehead atoms. The Bertz CT molecular complexity index is 509. The number of hydrogen-bond donors (Lipinski definition) is 1. The Morgan fingerprint density at radius 3 is 2.82 bits per heavy atom. The quantitative estimate of drug-likeness (QED) is 0.931. The van der Waals surface area contributed by atoms with Crippen LogP contribution in [0.15, 0.2) is 17.6 Å². The van der Waals surface area contributed by atoms with Crippen molar-refractivity contribution in [3.8, 4) is 0 Å². The van der Waals surface area contributed by atoms with Gasteiger partial charge in [-0.2, -0.15) is 5.10 Å². The van der Waals surface area contributed by atoms with E-state index in [0.29, 0.717) is 20.6 Å². The molecule has 2 rings (SSSR count). The monoisotopic (exact) mass is 290 g/mol. The van der Waals surface area contributed by atoms with E-state index >= 15 is 0 Å². The number of aliphatic hydroxyl groups is 1. The van der Waals surface area contributed by atoms with Crippen LogP contribution in [0.2, 0.25) is 10.0 Å². The fraction of sp³-hybridized carbons (Fsp3) is 0.364. The molecule has 0 aromatic carbocycles. The topological polar surface area (TPSA) is 38.0 Å². The molecule has 0 radical (unpaired) electrons. The standard InChI is InChI=1S/C11H12Cl2N2OS/c1-2-4-15-9(8(13)6-14-15)10(16)11-7(12)3-5-17-11/h3,5-6,10,16H,2,4H2,1H3. The molecule has 3 nitrogen and oxygen atoms in total. The second-order valence-corrected chi connectivity index (χ2v) is 5.40. The molecule has 2 aromatic rings. The number of aliphatic hydroxyl groups excluding tert-OH is 1. The minimum Gasteiger partial charge on any atom is -0.381 e. The summed E-state index contributed by atoms with van der Waals surface area (Å²) in [5.74, 6) is 0. The maximum Gasteiger partial charge on any atom is 0.133 e. The van der Waals surface area contributed by atoms with Crippen molar-refractivity contribution < 1.29 is 5.11 Å². The van der Waals surface area contributed by atoms with Gasteiger partial charge in [0.05, 0.1) is 26.8 Å². The number of aryl methyl sites for hydroxylation is 1. The molecule has 1 N–H and O–H groups in total. The van der Waals surface area contributed by atoms with E-state index in [2.05, 4.69) is 5.10 Å². The highest BCUT2D eigenvalue weighted by molar-refractivity contribution is 7.10. The molecule has 0 saturated carbocycles. The van der Waals surface area contributed by atoms with Crippen molar-refractivity contribution in [2.24, 2.45) is 0 Å². The lowest BCUT2D eigenvalue weighted by atomic mass is 10.2. The summed E-state index contributed by atoms with van der Waals surface area (Å²) in [5, 5.41) is 17.3. The number of thiophene rings is 1. The summed E-state index contributed by atoms with van der Waals surface area (Å²) in [6.45, 7) is 2.77. The van der Waals surface area contributed by atoms with Gasteiger partial charge < -0.3 is 5.11 Å². The van der Waals surface area contributed by atoms with Gasteiger partial charge in [0.2, 0.25) is 0 Å². The van der Waals surface area contributed by atoms with Gasteiger partial charge in [-0.1, -0.05) is 30.1 Å². The van der Waals surface area contributed by atoms with Crippen molar-refractivity contribution in [2.75, 3.05) is 0 Å². The largest absolute Gasteiger partial charge is 0.381 e. The summed E-state index contributed by atoms with van der Waals surface area (Å²) in [5.41, 5.74) is 0.609. The number of hydrogen-bond acceptors (Lipinski definition) is 3. The molecule has 0 saturated heterocycles. The molecular formula is C11H12Cl2N2OS. The molecule has 0 spiro atoms. The SMILES string of the molecule is CCCn1ncc(Cl)c1C(O)c1sccc1Cl. The Balaban J connectivity index is 2.39. The maximum atomic E-state index is 10.3. The van der Waals surface area contributed by atoms with Gasteiger partial charge in [-0.3, -0.25) is 4.68 Å². The van der Waals surface area contributed by atoms with Gasteiger partial charge in [0.15, 0.2) is 0 Å². The van der Waals surface area contributed by atoms with Crippen LogP contribution in [0.4, 0.5) is 0 Å². The smallest absolute Gasteiger partial charge is 0.133 e. The zero-order valence-corrected chi connectivity index (χ0v) is 11.6. The van der Waals surface area contributed by atoms with Crippen LogP contribution in [0.25, 0.3) is 0 Å². The van der Waals surface area contributed by atoms with Crippen molar-refractivity contribution in [1.82, 2.24) is 9.78 Å². The first-order chi connectivity index (χ1) is 8.15. The molecule has 17 heavy (non-hydrogen) atoms. The second kappa shape index (κ2) is 5.40. The molecule has 92 valence electrons. The summed E-state index contributed by atoms with van der Waals surface area (Å²) in [6.07, 6.45) is 1.66. The van der Waals surface area contributed by atoms with Crippen LogP contribution in [0.1, 0.15) is 30.0 Å². The zero-order chi connectivity index (χ0) is 12.4. The van der Waals surface area contributed by atoms with Gasteiger partial charge in [0.1, 0.15) is 6.10 Å². The summed E-state index contributed by atoms with van der Waals surface area (Å²) >= 11 is 13.5. The predicted molar refractivity (Wildman–Crippen MR) is 70.9 cm³/mol. The Hall–Kier alpha value is -0.550. The number of aromatic nitrogens is 2. The van der Waals surface area contributed by atoms with E-state index in [-0.39, 0.29) is 0 Å². The molecule has 2 aromatic heterocycles. The Labute approximate surface area is 114 Å². The minimum atomic E-state index is -0.816. The van der Waals surface area contributed by atoms with Crippen molar-refractivity contribution in [2.45, 2.75) is 26.0 Å². The van der Waals surface area contributed by atoms with Gasteiger partial charge in [0.25, 0.3) is 0 Å². The number of nitrogens with zero attached hydrogens (tertiary/aromatic N) is 2. The third-order valence-electron chi connectivity index (χ3n) is 2.42. The fourth-order valence-electron chi connectivity index (χ4n) is 1.66. The van der Waals surface area contributed by atoms with Gasteiger partial charge in [-0.15, -0.1) is 11.3 Å². The summed E-state index contributed by atoms with van der Waals surface area (Å²) in [7, 11) is 0. The van der Waals surface area contributed by atoms with Crippen LogP contribution in [0.3, 0.4) is 0 Å². The lowest BCUT2D eigenvalue weighted by Gasteiger charge is -2.12. The van der Waals surface area contributed by atoms with Crippen LogP contribution in [0, 0.1) is 0 Å². The summed E-state index contributed by atoms with van der Waals surface area (Å²) < 4.78 is 1.73. The lowest BCUT2D eigenvalue weighted by molar-refractivity contribution is 0.211. The van der Waals surface area contributed by atoms with E-state index in [9.17, 15) is 5.11 Å². The van der Waals surface area contributed by atoms with E-state index in [1.165, 1.54) is 11.3 Å². The van der Waals surface area contributed by atoms with Gasteiger partial charge in [-0.05, 0) is 17.9 Å². The maximum absolute atomic E-state index is 10.3. The van der Waals surface area contributed by atoms with E-state index in [1.54, 1.807) is 16.9 Å². The van der Waals surface area contributed by atoms with Gasteiger partial charge in [-0.25, -0.2) is 0 Å². The Kier molecular flexibility index (Phi) is 4.09. The number of rotatable bonds is 4. The molecule has 0 fully saturated rings. The molecule has 2 heterocycles. The molecule has 0 aliphatic rings. The highest BCUT2D eigenvalue weighted by atomic mass is 35.5. The summed E-state index contributed by atoms with van der Waals surface area (Å²) in [6, 6.07) is 1.76. The van der Waals surface area contributed by atoms with E-state index in [4.69, 9.17) is 23.2 Å². The Morgan fingerprint density at radius 2 is 2.24 bits per heavy atom. The average Bonchev–Trinajstić information content (AvgIpc) is 2.86. The first kappa shape index (κ1) is 12.9. The first-order valence-corrected chi connectivity index (χ1v) is 6.90. The van der Waals surface area contributed by atoms with Gasteiger partial charge >= 0.3 is 0 Å². The zero-order valence-electron chi connectivity index (χ0n) is 9.23. The molecule has 0 aliphatic carbocycles. The molecule has 6 heteroatoms. The highest BCUT2D eigenvalue weighted by Crippen LogP contribution is 2.35. The van der Waals surface area contributed by atoms with E-state index in [1.807, 2.05) is 12.3 Å². The number of halogens is 2. The Morgan fingerprint density at radius 1 is 1.47 bits per heavy atom. The van der Waals surface area contributed by atoms with Crippen molar-refractivity contribution in [1.29, 1.82) is 0 Å².